The molecule has 0 saturated heterocycles. The highest BCUT2D eigenvalue weighted by Gasteiger charge is 2.28. The summed E-state index contributed by atoms with van der Waals surface area (Å²) >= 11 is 3.74. The van der Waals surface area contributed by atoms with Gasteiger partial charge in [0.25, 0.3) is 10.0 Å². The summed E-state index contributed by atoms with van der Waals surface area (Å²) in [6, 6.07) is 14.7. The molecule has 0 aliphatic heterocycles. The van der Waals surface area contributed by atoms with Gasteiger partial charge in [-0.25, -0.2) is 12.4 Å². The summed E-state index contributed by atoms with van der Waals surface area (Å²) in [6.07, 6.45) is 3.97. The molecule has 0 unspecified atom stereocenters. The highest BCUT2D eigenvalue weighted by molar-refractivity contribution is 9.10. The lowest BCUT2D eigenvalue weighted by atomic mass is 9.97. The van der Waals surface area contributed by atoms with E-state index in [1.54, 1.807) is 23.2 Å². The van der Waals surface area contributed by atoms with Gasteiger partial charge in [-0.1, -0.05) is 55.7 Å². The maximum absolute atomic E-state index is 14.0. The predicted molar refractivity (Wildman–Crippen MR) is 135 cm³/mol. The van der Waals surface area contributed by atoms with Crippen LogP contribution in [-0.4, -0.2) is 19.5 Å². The van der Waals surface area contributed by atoms with Crippen LogP contribution in [0.3, 0.4) is 0 Å². The molecule has 0 saturated carbocycles. The second-order valence-electron chi connectivity index (χ2n) is 8.23. The van der Waals surface area contributed by atoms with Crippen LogP contribution in [0.25, 0.3) is 21.8 Å². The van der Waals surface area contributed by atoms with Crippen molar-refractivity contribution in [3.8, 4) is 5.75 Å². The minimum Gasteiger partial charge on any atom is -0.495 e. The van der Waals surface area contributed by atoms with E-state index in [1.165, 1.54) is 0 Å². The number of aromatic nitrogens is 1. The average Bonchev–Trinajstić information content (AvgIpc) is 3.13. The first-order chi connectivity index (χ1) is 15.3. The van der Waals surface area contributed by atoms with Crippen molar-refractivity contribution in [3.05, 3.63) is 69.7 Å². The lowest BCUT2D eigenvalue weighted by Gasteiger charge is -2.18. The van der Waals surface area contributed by atoms with Crippen molar-refractivity contribution in [2.45, 2.75) is 51.3 Å². The molecule has 1 heterocycles. The highest BCUT2D eigenvalue weighted by Crippen LogP contribution is 2.45. The Morgan fingerprint density at radius 2 is 1.69 bits per heavy atom. The number of methoxy groups -OCH3 is 1. The number of hydrogen-bond acceptors (Lipinski definition) is 3. The van der Waals surface area contributed by atoms with Crippen LogP contribution in [0.5, 0.6) is 5.75 Å². The molecular formula is C26H28BrNO3S. The van der Waals surface area contributed by atoms with E-state index in [-0.39, 0.29) is 4.90 Å². The molecule has 1 aromatic heterocycles. The minimum atomic E-state index is -3.82. The van der Waals surface area contributed by atoms with E-state index < -0.39 is 10.0 Å². The van der Waals surface area contributed by atoms with Gasteiger partial charge in [-0.15, -0.1) is 0 Å². The molecule has 168 valence electrons. The van der Waals surface area contributed by atoms with Crippen LogP contribution in [0.2, 0.25) is 0 Å². The van der Waals surface area contributed by atoms with Crippen LogP contribution in [0.1, 0.15) is 42.9 Å². The molecule has 32 heavy (non-hydrogen) atoms. The summed E-state index contributed by atoms with van der Waals surface area (Å²) in [7, 11) is -2.15. The lowest BCUT2D eigenvalue weighted by molar-refractivity contribution is 0.409. The van der Waals surface area contributed by atoms with E-state index in [0.29, 0.717) is 5.52 Å². The summed E-state index contributed by atoms with van der Waals surface area (Å²) < 4.78 is 36.1. The molecule has 0 aliphatic carbocycles. The Bertz CT molecular complexity index is 1400. The second-order valence-corrected chi connectivity index (χ2v) is 10.8. The Morgan fingerprint density at radius 1 is 1.00 bits per heavy atom. The average molecular weight is 514 g/mol. The van der Waals surface area contributed by atoms with Crippen molar-refractivity contribution in [1.29, 1.82) is 0 Å². The summed E-state index contributed by atoms with van der Waals surface area (Å²) in [6.45, 7) is 6.14. The third-order valence-corrected chi connectivity index (χ3v) is 8.61. The molecule has 0 fully saturated rings. The third kappa shape index (κ3) is 3.63. The number of fused-ring (bicyclic) bond motifs is 3. The zero-order chi connectivity index (χ0) is 23.0. The predicted octanol–water partition coefficient (Wildman–Crippen LogP) is 7.15. The minimum absolute atomic E-state index is 0.287. The number of para-hydroxylation sites is 1. The molecule has 4 rings (SSSR count). The number of unbranched alkanes of at least 4 members (excludes halogenated alkanes) is 2. The van der Waals surface area contributed by atoms with Gasteiger partial charge in [0.15, 0.2) is 0 Å². The van der Waals surface area contributed by atoms with Gasteiger partial charge in [-0.05, 0) is 71.9 Å². The van der Waals surface area contributed by atoms with Gasteiger partial charge in [-0.2, -0.15) is 0 Å². The van der Waals surface area contributed by atoms with Gasteiger partial charge in [0, 0.05) is 10.8 Å². The Morgan fingerprint density at radius 3 is 2.34 bits per heavy atom. The Balaban J connectivity index is 2.18. The highest BCUT2D eigenvalue weighted by atomic mass is 79.9. The molecule has 0 N–H and O–H groups in total. The van der Waals surface area contributed by atoms with Crippen LogP contribution >= 0.6 is 15.9 Å². The standard InChI is InChI=1S/C26H28BrNO3S/c1-5-6-7-10-20-18(3)26(31-4)24(27)23-21-11-8-9-12-22(21)28(25(20)23)32(29,30)19-15-13-17(2)14-16-19/h8-9,11-16H,5-7,10H2,1-4H3. The molecule has 0 bridgehead atoms. The number of aryl methyl sites for hydroxylation is 2. The first kappa shape index (κ1) is 22.9. The number of hydrogen-bond donors (Lipinski definition) is 0. The van der Waals surface area contributed by atoms with Gasteiger partial charge in [0.05, 0.1) is 27.5 Å². The van der Waals surface area contributed by atoms with Crippen LogP contribution in [-0.2, 0) is 16.4 Å². The summed E-state index contributed by atoms with van der Waals surface area (Å²) in [5.41, 5.74) is 4.45. The van der Waals surface area contributed by atoms with Crippen molar-refractivity contribution >= 4 is 47.8 Å². The molecule has 0 aliphatic rings. The zero-order valence-electron chi connectivity index (χ0n) is 18.9. The fourth-order valence-corrected chi connectivity index (χ4v) is 6.88. The summed E-state index contributed by atoms with van der Waals surface area (Å²) in [5.74, 6) is 0.764. The topological polar surface area (TPSA) is 48.3 Å². The molecule has 6 heteroatoms. The largest absolute Gasteiger partial charge is 0.495 e. The third-order valence-electron chi connectivity index (χ3n) is 6.12. The molecule has 0 spiro atoms. The van der Waals surface area contributed by atoms with E-state index in [0.717, 1.165) is 68.9 Å². The van der Waals surface area contributed by atoms with Crippen molar-refractivity contribution < 1.29 is 13.2 Å². The molecule has 0 radical (unpaired) electrons. The van der Waals surface area contributed by atoms with Crippen LogP contribution in [0, 0.1) is 13.8 Å². The first-order valence-corrected chi connectivity index (χ1v) is 13.2. The maximum Gasteiger partial charge on any atom is 0.268 e. The van der Waals surface area contributed by atoms with Crippen molar-refractivity contribution in [1.82, 2.24) is 3.97 Å². The van der Waals surface area contributed by atoms with Gasteiger partial charge >= 0.3 is 0 Å². The van der Waals surface area contributed by atoms with E-state index >= 15 is 0 Å². The van der Waals surface area contributed by atoms with Crippen molar-refractivity contribution in [3.63, 3.8) is 0 Å². The Labute approximate surface area is 198 Å². The van der Waals surface area contributed by atoms with Crippen LogP contribution in [0.15, 0.2) is 57.9 Å². The number of nitrogens with zero attached hydrogens (tertiary/aromatic N) is 1. The lowest BCUT2D eigenvalue weighted by Crippen LogP contribution is -2.14. The summed E-state index contributed by atoms with van der Waals surface area (Å²) in [4.78, 5) is 0.287. The molecule has 3 aromatic carbocycles. The van der Waals surface area contributed by atoms with E-state index in [4.69, 9.17) is 4.74 Å². The molecule has 4 aromatic rings. The molecule has 0 amide bonds. The Kier molecular flexibility index (Phi) is 6.37. The van der Waals surface area contributed by atoms with E-state index in [2.05, 4.69) is 22.9 Å². The first-order valence-electron chi connectivity index (χ1n) is 10.9. The zero-order valence-corrected chi connectivity index (χ0v) is 21.3. The maximum atomic E-state index is 14.0. The number of halogens is 1. The quantitative estimate of drug-likeness (QED) is 0.246. The SMILES string of the molecule is CCCCCc1c(C)c(OC)c(Br)c2c3ccccc3n(S(=O)(=O)c3ccc(C)cc3)c12. The second kappa shape index (κ2) is 8.91. The molecule has 4 nitrogen and oxygen atoms in total. The van der Waals surface area contributed by atoms with Crippen molar-refractivity contribution in [2.24, 2.45) is 0 Å². The van der Waals surface area contributed by atoms with E-state index in [9.17, 15) is 8.42 Å². The van der Waals surface area contributed by atoms with Gasteiger partial charge in [0.1, 0.15) is 5.75 Å². The fourth-order valence-electron chi connectivity index (χ4n) is 4.47. The van der Waals surface area contributed by atoms with Crippen LogP contribution < -0.4 is 4.74 Å². The number of rotatable bonds is 7. The fraction of sp³-hybridized carbons (Fsp3) is 0.308. The normalized spacial score (nSPS) is 12.0. The van der Waals surface area contributed by atoms with Gasteiger partial charge < -0.3 is 4.74 Å². The number of ether oxygens (including phenoxy) is 1. The number of benzene rings is 3. The summed E-state index contributed by atoms with van der Waals surface area (Å²) in [5, 5.41) is 1.77. The molecule has 0 atom stereocenters. The monoisotopic (exact) mass is 513 g/mol. The van der Waals surface area contributed by atoms with E-state index in [1.807, 2.05) is 50.2 Å². The smallest absolute Gasteiger partial charge is 0.268 e. The van der Waals surface area contributed by atoms with Crippen LogP contribution in [0.4, 0.5) is 0 Å². The Hall–Kier alpha value is -2.31. The van der Waals surface area contributed by atoms with Crippen molar-refractivity contribution in [2.75, 3.05) is 7.11 Å². The van der Waals surface area contributed by atoms with Gasteiger partial charge in [0.2, 0.25) is 0 Å². The molecular weight excluding hydrogens is 486 g/mol. The van der Waals surface area contributed by atoms with Gasteiger partial charge in [-0.3, -0.25) is 0 Å².